The van der Waals surface area contributed by atoms with E-state index in [1.165, 1.54) is 4.68 Å². The first-order valence-corrected chi connectivity index (χ1v) is 8.13. The lowest BCUT2D eigenvalue weighted by Gasteiger charge is -2.09. The smallest absolute Gasteiger partial charge is 0.283 e. The topological polar surface area (TPSA) is 70.7 Å². The third-order valence-corrected chi connectivity index (χ3v) is 4.55. The summed E-state index contributed by atoms with van der Waals surface area (Å²) in [5, 5.41) is 15.6. The Labute approximate surface area is 145 Å². The van der Waals surface area contributed by atoms with Crippen molar-refractivity contribution in [1.82, 2.24) is 9.78 Å². The van der Waals surface area contributed by atoms with Gasteiger partial charge < -0.3 is 5.32 Å². The predicted molar refractivity (Wildman–Crippen MR) is 86.6 cm³/mol. The molecule has 1 aromatic heterocycles. The van der Waals surface area contributed by atoms with Gasteiger partial charge in [0.05, 0.1) is 21.4 Å². The maximum absolute atomic E-state index is 13.0. The van der Waals surface area contributed by atoms with Crippen LogP contribution in [0.25, 0.3) is 0 Å². The molecule has 0 unspecified atom stereocenters. The Morgan fingerprint density at radius 1 is 1.46 bits per heavy atom. The van der Waals surface area contributed by atoms with E-state index in [4.69, 9.17) is 5.26 Å². The van der Waals surface area contributed by atoms with Crippen LogP contribution in [0.4, 0.5) is 14.5 Å². The van der Waals surface area contributed by atoms with Gasteiger partial charge in [-0.25, -0.2) is 8.78 Å². The number of hydrogen-bond donors (Lipinski definition) is 1. The molecule has 1 heterocycles. The number of nitriles is 1. The lowest BCUT2D eigenvalue weighted by molar-refractivity contribution is -0.117. The molecular weight excluding hydrogens is 382 g/mol. The third kappa shape index (κ3) is 3.31. The summed E-state index contributed by atoms with van der Waals surface area (Å²) < 4.78 is 27.7. The highest BCUT2D eigenvalue weighted by molar-refractivity contribution is 9.10. The number of hydrogen-bond acceptors (Lipinski definition) is 3. The number of halogens is 3. The van der Waals surface area contributed by atoms with Crippen molar-refractivity contribution in [3.8, 4) is 6.07 Å². The Balaban J connectivity index is 1.82. The highest BCUT2D eigenvalue weighted by Crippen LogP contribution is 2.45. The second kappa shape index (κ2) is 6.69. The Morgan fingerprint density at radius 2 is 2.17 bits per heavy atom. The number of aromatic nitrogens is 2. The van der Waals surface area contributed by atoms with Crippen molar-refractivity contribution in [3.05, 3.63) is 45.7 Å². The number of nitrogens with zero attached hydrogens (tertiary/aromatic N) is 3. The van der Waals surface area contributed by atoms with Crippen LogP contribution in [0.2, 0.25) is 0 Å². The molecule has 1 aromatic carbocycles. The number of benzene rings is 1. The molecule has 0 atom stereocenters. The molecule has 1 aliphatic carbocycles. The fourth-order valence-corrected chi connectivity index (χ4v) is 3.28. The van der Waals surface area contributed by atoms with Crippen LogP contribution in [-0.2, 0) is 11.3 Å². The van der Waals surface area contributed by atoms with Gasteiger partial charge in [0.2, 0.25) is 5.91 Å². The summed E-state index contributed by atoms with van der Waals surface area (Å²) in [6.07, 6.45) is -0.918. The van der Waals surface area contributed by atoms with Gasteiger partial charge in [-0.1, -0.05) is 12.1 Å². The normalized spacial score (nSPS) is 13.8. The SMILES string of the molecule is N#Cc1ccccc1NC(=O)Cn1nc(C(F)F)c(Br)c1C1CC1. The molecule has 1 saturated carbocycles. The van der Waals surface area contributed by atoms with Crippen LogP contribution in [-0.4, -0.2) is 15.7 Å². The first-order chi connectivity index (χ1) is 11.5. The van der Waals surface area contributed by atoms with Gasteiger partial charge in [-0.2, -0.15) is 10.4 Å². The number of anilines is 1. The average molecular weight is 395 g/mol. The zero-order valence-corrected chi connectivity index (χ0v) is 14.1. The first-order valence-electron chi connectivity index (χ1n) is 7.34. The fourth-order valence-electron chi connectivity index (χ4n) is 2.49. The molecule has 1 fully saturated rings. The van der Waals surface area contributed by atoms with E-state index in [9.17, 15) is 13.6 Å². The molecule has 2 aromatic rings. The molecule has 3 rings (SSSR count). The number of para-hydroxylation sites is 1. The molecule has 1 amide bonds. The van der Waals surface area contributed by atoms with Crippen molar-refractivity contribution in [2.24, 2.45) is 0 Å². The number of carbonyl (C=O) groups is 1. The van der Waals surface area contributed by atoms with Gasteiger partial charge in [-0.15, -0.1) is 0 Å². The van der Waals surface area contributed by atoms with Gasteiger partial charge in [-0.05, 0) is 40.9 Å². The Morgan fingerprint density at radius 3 is 2.79 bits per heavy atom. The molecule has 5 nitrogen and oxygen atoms in total. The van der Waals surface area contributed by atoms with E-state index in [1.807, 2.05) is 6.07 Å². The van der Waals surface area contributed by atoms with Crippen molar-refractivity contribution >= 4 is 27.5 Å². The minimum Gasteiger partial charge on any atom is -0.323 e. The van der Waals surface area contributed by atoms with E-state index in [0.717, 1.165) is 12.8 Å². The summed E-state index contributed by atoms with van der Waals surface area (Å²) in [7, 11) is 0. The Bertz CT molecular complexity index is 824. The summed E-state index contributed by atoms with van der Waals surface area (Å²) in [6.45, 7) is -0.184. The second-order valence-electron chi connectivity index (χ2n) is 5.52. The highest BCUT2D eigenvalue weighted by atomic mass is 79.9. The quantitative estimate of drug-likeness (QED) is 0.833. The largest absolute Gasteiger partial charge is 0.323 e. The van der Waals surface area contributed by atoms with E-state index in [-0.39, 0.29) is 22.6 Å². The summed E-state index contributed by atoms with van der Waals surface area (Å²) in [6, 6.07) is 8.58. The third-order valence-electron chi connectivity index (χ3n) is 3.74. The summed E-state index contributed by atoms with van der Waals surface area (Å²) in [5.74, 6) is -0.269. The second-order valence-corrected chi connectivity index (χ2v) is 6.32. The van der Waals surface area contributed by atoms with Gasteiger partial charge >= 0.3 is 0 Å². The summed E-state index contributed by atoms with van der Waals surface area (Å²) in [5.41, 5.74) is 1.01. The monoisotopic (exact) mass is 394 g/mol. The van der Waals surface area contributed by atoms with Crippen LogP contribution in [0.5, 0.6) is 0 Å². The molecule has 1 aliphatic rings. The minimum atomic E-state index is -2.71. The van der Waals surface area contributed by atoms with Crippen molar-refractivity contribution < 1.29 is 13.6 Å². The van der Waals surface area contributed by atoms with Gasteiger partial charge in [0.15, 0.2) is 0 Å². The fraction of sp³-hybridized carbons (Fsp3) is 0.312. The molecule has 0 saturated heterocycles. The number of alkyl halides is 2. The lowest BCUT2D eigenvalue weighted by Crippen LogP contribution is -2.21. The van der Waals surface area contributed by atoms with Crippen LogP contribution in [0.15, 0.2) is 28.7 Å². The minimum absolute atomic E-state index is 0.151. The number of amides is 1. The van der Waals surface area contributed by atoms with E-state index in [1.54, 1.807) is 24.3 Å². The molecule has 8 heteroatoms. The zero-order chi connectivity index (χ0) is 17.3. The Kier molecular flexibility index (Phi) is 4.62. The van der Waals surface area contributed by atoms with Gasteiger partial charge in [-0.3, -0.25) is 9.48 Å². The van der Waals surface area contributed by atoms with E-state index in [0.29, 0.717) is 16.9 Å². The summed E-state index contributed by atoms with van der Waals surface area (Å²) in [4.78, 5) is 12.3. The number of carbonyl (C=O) groups excluding carboxylic acids is 1. The van der Waals surface area contributed by atoms with Crippen LogP contribution in [0, 0.1) is 11.3 Å². The molecule has 0 spiro atoms. The molecular formula is C16H13BrF2N4O. The Hall–Kier alpha value is -2.27. The molecule has 24 heavy (non-hydrogen) atoms. The van der Waals surface area contributed by atoms with Gasteiger partial charge in [0.1, 0.15) is 18.3 Å². The van der Waals surface area contributed by atoms with Gasteiger partial charge in [0.25, 0.3) is 6.43 Å². The molecule has 0 bridgehead atoms. The van der Waals surface area contributed by atoms with Crippen LogP contribution in [0.3, 0.4) is 0 Å². The average Bonchev–Trinajstić information content (AvgIpc) is 3.32. The van der Waals surface area contributed by atoms with Crippen molar-refractivity contribution in [2.45, 2.75) is 31.7 Å². The van der Waals surface area contributed by atoms with E-state index < -0.39 is 12.3 Å². The van der Waals surface area contributed by atoms with Crippen molar-refractivity contribution in [1.29, 1.82) is 5.26 Å². The number of rotatable bonds is 5. The van der Waals surface area contributed by atoms with Crippen LogP contribution < -0.4 is 5.32 Å². The highest BCUT2D eigenvalue weighted by Gasteiger charge is 2.34. The van der Waals surface area contributed by atoms with E-state index in [2.05, 4.69) is 26.3 Å². The predicted octanol–water partition coefficient (Wildman–Crippen LogP) is 3.97. The lowest BCUT2D eigenvalue weighted by atomic mass is 10.2. The van der Waals surface area contributed by atoms with Crippen LogP contribution >= 0.6 is 15.9 Å². The van der Waals surface area contributed by atoms with Crippen LogP contribution in [0.1, 0.15) is 42.1 Å². The molecule has 124 valence electrons. The van der Waals surface area contributed by atoms with E-state index >= 15 is 0 Å². The van der Waals surface area contributed by atoms with Gasteiger partial charge in [0, 0.05) is 5.92 Å². The maximum atomic E-state index is 13.0. The first kappa shape index (κ1) is 16.6. The maximum Gasteiger partial charge on any atom is 0.283 e. The zero-order valence-electron chi connectivity index (χ0n) is 12.5. The number of nitrogens with one attached hydrogen (secondary N) is 1. The van der Waals surface area contributed by atoms with Crippen molar-refractivity contribution in [3.63, 3.8) is 0 Å². The molecule has 1 N–H and O–H groups in total. The standard InChI is InChI=1S/C16H13BrF2N4O/c17-13-14(16(18)19)22-23(15(13)9-5-6-9)8-12(24)21-11-4-2-1-3-10(11)7-20/h1-4,9,16H,5-6,8H2,(H,21,24). The van der Waals surface area contributed by atoms with Crippen molar-refractivity contribution in [2.75, 3.05) is 5.32 Å². The molecule has 0 radical (unpaired) electrons. The molecule has 0 aliphatic heterocycles. The summed E-state index contributed by atoms with van der Waals surface area (Å²) >= 11 is 3.18.